The smallest absolute Gasteiger partial charge is 0.372 e. The second-order valence-corrected chi connectivity index (χ2v) is 5.58. The molecule has 0 saturated heterocycles. The molecule has 0 aliphatic heterocycles. The Labute approximate surface area is 99.7 Å². The van der Waals surface area contributed by atoms with Crippen LogP contribution in [-0.4, -0.2) is 24.9 Å². The van der Waals surface area contributed by atoms with Crippen molar-refractivity contribution in [2.45, 2.75) is 50.2 Å². The number of hydrogen-bond donors (Lipinski definition) is 1. The Morgan fingerprint density at radius 2 is 2.06 bits per heavy atom. The summed E-state index contributed by atoms with van der Waals surface area (Å²) in [5.74, 6) is 1.36. The molecule has 0 aromatic heterocycles. The number of rotatable bonds is 5. The second-order valence-electron chi connectivity index (χ2n) is 5.58. The molecule has 2 N–H and O–H groups in total. The van der Waals surface area contributed by atoms with Gasteiger partial charge >= 0.3 is 6.18 Å². The molecule has 2 rings (SSSR count). The van der Waals surface area contributed by atoms with E-state index in [0.717, 1.165) is 18.8 Å². The van der Waals surface area contributed by atoms with Crippen LogP contribution in [0.25, 0.3) is 0 Å². The summed E-state index contributed by atoms with van der Waals surface area (Å²) >= 11 is 0. The van der Waals surface area contributed by atoms with Crippen LogP contribution >= 0.6 is 0 Å². The predicted octanol–water partition coefficient (Wildman–Crippen LogP) is 2.86. The molecule has 0 aromatic carbocycles. The molecule has 3 unspecified atom stereocenters. The van der Waals surface area contributed by atoms with E-state index >= 15 is 0 Å². The van der Waals surface area contributed by atoms with Crippen molar-refractivity contribution in [3.05, 3.63) is 0 Å². The zero-order chi connectivity index (χ0) is 12.5. The third-order valence-corrected chi connectivity index (χ3v) is 4.22. The molecule has 0 spiro atoms. The fourth-order valence-electron chi connectivity index (χ4n) is 3.48. The Morgan fingerprint density at radius 3 is 2.59 bits per heavy atom. The lowest BCUT2D eigenvalue weighted by Crippen LogP contribution is -2.45. The first-order valence-electron chi connectivity index (χ1n) is 6.32. The molecule has 2 aliphatic rings. The molecule has 2 saturated carbocycles. The van der Waals surface area contributed by atoms with Crippen molar-refractivity contribution < 1.29 is 17.9 Å². The standard InChI is InChI=1S/C12H20F3NO/c13-12(14,15)8-17-5-1-4-11(16)7-9-2-3-10(11)6-9/h9-10H,1-8,16H2. The zero-order valence-electron chi connectivity index (χ0n) is 9.93. The van der Waals surface area contributed by atoms with E-state index in [4.69, 9.17) is 5.73 Å². The molecule has 2 bridgehead atoms. The van der Waals surface area contributed by atoms with Gasteiger partial charge in [0.2, 0.25) is 0 Å². The van der Waals surface area contributed by atoms with Gasteiger partial charge in [0.15, 0.2) is 0 Å². The van der Waals surface area contributed by atoms with Gasteiger partial charge in [-0.2, -0.15) is 13.2 Å². The molecule has 2 nitrogen and oxygen atoms in total. The van der Waals surface area contributed by atoms with Crippen molar-refractivity contribution in [3.8, 4) is 0 Å². The van der Waals surface area contributed by atoms with E-state index in [1.807, 2.05) is 0 Å². The van der Waals surface area contributed by atoms with Crippen LogP contribution in [0, 0.1) is 11.8 Å². The molecule has 0 aromatic rings. The van der Waals surface area contributed by atoms with Crippen LogP contribution in [0.2, 0.25) is 0 Å². The van der Waals surface area contributed by atoms with Gasteiger partial charge in [-0.15, -0.1) is 0 Å². The zero-order valence-corrected chi connectivity index (χ0v) is 9.93. The lowest BCUT2D eigenvalue weighted by molar-refractivity contribution is -0.174. The number of ether oxygens (including phenoxy) is 1. The summed E-state index contributed by atoms with van der Waals surface area (Å²) < 4.78 is 40.1. The first-order chi connectivity index (χ1) is 7.89. The number of hydrogen-bond acceptors (Lipinski definition) is 2. The number of alkyl halides is 3. The SMILES string of the molecule is NC1(CCCOCC(F)(F)F)CC2CCC1C2. The van der Waals surface area contributed by atoms with Crippen molar-refractivity contribution >= 4 is 0 Å². The molecule has 5 heteroatoms. The maximum Gasteiger partial charge on any atom is 0.411 e. The Balaban J connectivity index is 1.62. The molecule has 100 valence electrons. The Bertz CT molecular complexity index is 269. The van der Waals surface area contributed by atoms with Crippen molar-refractivity contribution in [2.75, 3.05) is 13.2 Å². The normalized spacial score (nSPS) is 36.7. The van der Waals surface area contributed by atoms with Crippen LogP contribution in [-0.2, 0) is 4.74 Å². The van der Waals surface area contributed by atoms with Crippen molar-refractivity contribution in [1.82, 2.24) is 0 Å². The maximum atomic E-state index is 11.8. The average Bonchev–Trinajstić information content (AvgIpc) is 2.74. The molecule has 17 heavy (non-hydrogen) atoms. The minimum absolute atomic E-state index is 0.121. The van der Waals surface area contributed by atoms with E-state index < -0.39 is 12.8 Å². The fraction of sp³-hybridized carbons (Fsp3) is 1.00. The third kappa shape index (κ3) is 3.35. The second kappa shape index (κ2) is 4.76. The number of fused-ring (bicyclic) bond motifs is 2. The lowest BCUT2D eigenvalue weighted by Gasteiger charge is -2.34. The van der Waals surface area contributed by atoms with E-state index in [0.29, 0.717) is 12.3 Å². The molecule has 0 amide bonds. The third-order valence-electron chi connectivity index (χ3n) is 4.22. The first kappa shape index (κ1) is 13.1. The summed E-state index contributed by atoms with van der Waals surface area (Å²) in [6, 6.07) is 0. The van der Waals surface area contributed by atoms with Gasteiger partial charge in [-0.3, -0.25) is 0 Å². The molecule has 2 fully saturated rings. The van der Waals surface area contributed by atoms with Crippen molar-refractivity contribution in [1.29, 1.82) is 0 Å². The highest BCUT2D eigenvalue weighted by Gasteiger charge is 2.47. The minimum Gasteiger partial charge on any atom is -0.372 e. The van der Waals surface area contributed by atoms with Crippen LogP contribution in [0.15, 0.2) is 0 Å². The first-order valence-corrected chi connectivity index (χ1v) is 6.32. The maximum absolute atomic E-state index is 11.8. The van der Waals surface area contributed by atoms with E-state index in [1.165, 1.54) is 19.3 Å². The Kier molecular flexibility index (Phi) is 3.69. The van der Waals surface area contributed by atoms with E-state index in [2.05, 4.69) is 4.74 Å². The molecule has 3 atom stereocenters. The quantitative estimate of drug-likeness (QED) is 0.762. The summed E-state index contributed by atoms with van der Waals surface area (Å²) in [4.78, 5) is 0. The number of nitrogens with two attached hydrogens (primary N) is 1. The van der Waals surface area contributed by atoms with Crippen LogP contribution in [0.1, 0.15) is 38.5 Å². The van der Waals surface area contributed by atoms with Gasteiger partial charge in [-0.1, -0.05) is 6.42 Å². The topological polar surface area (TPSA) is 35.2 Å². The Hall–Kier alpha value is -0.290. The van der Waals surface area contributed by atoms with E-state index in [-0.39, 0.29) is 12.1 Å². The number of halogens is 3. The summed E-state index contributed by atoms with van der Waals surface area (Å²) in [7, 11) is 0. The summed E-state index contributed by atoms with van der Waals surface area (Å²) in [5, 5.41) is 0. The Morgan fingerprint density at radius 1 is 1.29 bits per heavy atom. The van der Waals surface area contributed by atoms with E-state index in [1.54, 1.807) is 0 Å². The fourth-order valence-corrected chi connectivity index (χ4v) is 3.48. The van der Waals surface area contributed by atoms with Crippen LogP contribution in [0.4, 0.5) is 13.2 Å². The lowest BCUT2D eigenvalue weighted by atomic mass is 9.79. The van der Waals surface area contributed by atoms with Gasteiger partial charge < -0.3 is 10.5 Å². The van der Waals surface area contributed by atoms with Crippen molar-refractivity contribution in [2.24, 2.45) is 17.6 Å². The van der Waals surface area contributed by atoms with Gasteiger partial charge in [0.1, 0.15) is 6.61 Å². The average molecular weight is 251 g/mol. The van der Waals surface area contributed by atoms with Gasteiger partial charge in [-0.25, -0.2) is 0 Å². The minimum atomic E-state index is -4.22. The van der Waals surface area contributed by atoms with Crippen LogP contribution < -0.4 is 5.73 Å². The van der Waals surface area contributed by atoms with Gasteiger partial charge in [-0.05, 0) is 43.9 Å². The highest BCUT2D eigenvalue weighted by atomic mass is 19.4. The van der Waals surface area contributed by atoms with Gasteiger partial charge in [0, 0.05) is 12.1 Å². The predicted molar refractivity (Wildman–Crippen MR) is 58.5 cm³/mol. The summed E-state index contributed by atoms with van der Waals surface area (Å²) in [6.07, 6.45) is 1.98. The monoisotopic (exact) mass is 251 g/mol. The highest BCUT2D eigenvalue weighted by molar-refractivity contribution is 5.04. The van der Waals surface area contributed by atoms with E-state index in [9.17, 15) is 13.2 Å². The van der Waals surface area contributed by atoms with Gasteiger partial charge in [0.25, 0.3) is 0 Å². The van der Waals surface area contributed by atoms with Crippen LogP contribution in [0.3, 0.4) is 0 Å². The van der Waals surface area contributed by atoms with Crippen LogP contribution in [0.5, 0.6) is 0 Å². The summed E-state index contributed by atoms with van der Waals surface area (Å²) in [5.41, 5.74) is 6.21. The van der Waals surface area contributed by atoms with Gasteiger partial charge in [0.05, 0.1) is 0 Å². The molecule has 0 heterocycles. The molecule has 0 radical (unpaired) electrons. The van der Waals surface area contributed by atoms with Crippen molar-refractivity contribution in [3.63, 3.8) is 0 Å². The molecular weight excluding hydrogens is 231 g/mol. The largest absolute Gasteiger partial charge is 0.411 e. The molecular formula is C12H20F3NO. The molecule has 2 aliphatic carbocycles. The summed E-state index contributed by atoms with van der Waals surface area (Å²) in [6.45, 7) is -0.980. The highest BCUT2D eigenvalue weighted by Crippen LogP contribution is 2.51.